The topological polar surface area (TPSA) is 56.7 Å². The van der Waals surface area contributed by atoms with Crippen molar-refractivity contribution in [2.24, 2.45) is 0 Å². The molecule has 4 heteroatoms. The van der Waals surface area contributed by atoms with E-state index < -0.39 is 0 Å². The van der Waals surface area contributed by atoms with Crippen molar-refractivity contribution >= 4 is 5.69 Å². The second-order valence-corrected chi connectivity index (χ2v) is 2.85. The number of nitrogens with two attached hydrogens (primary N) is 1. The smallest absolute Gasteiger partial charge is 0.0693 e. The molecule has 0 amide bonds. The number of anilines is 1. The van der Waals surface area contributed by atoms with E-state index in [0.717, 1.165) is 11.3 Å². The molecule has 1 aromatic carbocycles. The van der Waals surface area contributed by atoms with Crippen molar-refractivity contribution in [1.29, 1.82) is 0 Å². The Bertz CT molecular complexity index is 380. The van der Waals surface area contributed by atoms with Crippen LogP contribution in [0.3, 0.4) is 0 Å². The predicted molar refractivity (Wildman–Crippen MR) is 50.0 cm³/mol. The zero-order chi connectivity index (χ0) is 9.10. The summed E-state index contributed by atoms with van der Waals surface area (Å²) in [6.07, 6.45) is 3.48. The SMILES string of the molecule is Nc1cccc(Cn2ccnn2)c1. The lowest BCUT2D eigenvalue weighted by molar-refractivity contribution is 0.650. The summed E-state index contributed by atoms with van der Waals surface area (Å²) in [6, 6.07) is 7.74. The molecule has 4 nitrogen and oxygen atoms in total. The van der Waals surface area contributed by atoms with Crippen LogP contribution in [0.15, 0.2) is 36.7 Å². The van der Waals surface area contributed by atoms with Crippen LogP contribution in [0.2, 0.25) is 0 Å². The Hall–Kier alpha value is -1.84. The fraction of sp³-hybridized carbons (Fsp3) is 0.111. The quantitative estimate of drug-likeness (QED) is 0.688. The van der Waals surface area contributed by atoms with Crippen LogP contribution in [-0.4, -0.2) is 15.0 Å². The van der Waals surface area contributed by atoms with Crippen molar-refractivity contribution in [1.82, 2.24) is 15.0 Å². The summed E-state index contributed by atoms with van der Waals surface area (Å²) >= 11 is 0. The Labute approximate surface area is 76.0 Å². The Morgan fingerprint density at radius 1 is 1.38 bits per heavy atom. The number of hydrogen-bond acceptors (Lipinski definition) is 3. The van der Waals surface area contributed by atoms with E-state index in [0.29, 0.717) is 6.54 Å². The lowest BCUT2D eigenvalue weighted by atomic mass is 10.2. The molecule has 2 aromatic rings. The highest BCUT2D eigenvalue weighted by Crippen LogP contribution is 2.07. The van der Waals surface area contributed by atoms with Gasteiger partial charge in [0.25, 0.3) is 0 Å². The summed E-state index contributed by atoms with van der Waals surface area (Å²) in [6.45, 7) is 0.713. The average Bonchev–Trinajstić information content (AvgIpc) is 2.57. The zero-order valence-corrected chi connectivity index (χ0v) is 7.09. The molecule has 0 aliphatic carbocycles. The van der Waals surface area contributed by atoms with Crippen LogP contribution in [0.25, 0.3) is 0 Å². The number of nitrogens with zero attached hydrogens (tertiary/aromatic N) is 3. The van der Waals surface area contributed by atoms with Gasteiger partial charge in [0.1, 0.15) is 0 Å². The minimum absolute atomic E-state index is 0.713. The van der Waals surface area contributed by atoms with Crippen molar-refractivity contribution in [3.05, 3.63) is 42.2 Å². The molecule has 0 bridgehead atoms. The van der Waals surface area contributed by atoms with Gasteiger partial charge in [0.15, 0.2) is 0 Å². The largest absolute Gasteiger partial charge is 0.399 e. The van der Waals surface area contributed by atoms with Gasteiger partial charge in [-0.15, -0.1) is 5.10 Å². The van der Waals surface area contributed by atoms with Gasteiger partial charge < -0.3 is 5.73 Å². The Morgan fingerprint density at radius 3 is 3.00 bits per heavy atom. The maximum absolute atomic E-state index is 5.64. The van der Waals surface area contributed by atoms with E-state index in [1.807, 2.05) is 30.5 Å². The van der Waals surface area contributed by atoms with Gasteiger partial charge >= 0.3 is 0 Å². The first kappa shape index (κ1) is 7.79. The monoisotopic (exact) mass is 174 g/mol. The lowest BCUT2D eigenvalue weighted by Crippen LogP contribution is -2.00. The van der Waals surface area contributed by atoms with Gasteiger partial charge in [0.05, 0.1) is 12.7 Å². The van der Waals surface area contributed by atoms with Crippen molar-refractivity contribution < 1.29 is 0 Å². The third-order valence-electron chi connectivity index (χ3n) is 1.77. The Morgan fingerprint density at radius 2 is 2.31 bits per heavy atom. The van der Waals surface area contributed by atoms with Crippen LogP contribution < -0.4 is 5.73 Å². The van der Waals surface area contributed by atoms with Gasteiger partial charge in [-0.2, -0.15) is 0 Å². The van der Waals surface area contributed by atoms with Crippen LogP contribution in [-0.2, 0) is 6.54 Å². The summed E-state index contributed by atoms with van der Waals surface area (Å²) in [5.74, 6) is 0. The molecule has 0 saturated carbocycles. The molecule has 1 aromatic heterocycles. The summed E-state index contributed by atoms with van der Waals surface area (Å²) in [4.78, 5) is 0. The maximum atomic E-state index is 5.64. The molecule has 2 rings (SSSR count). The van der Waals surface area contributed by atoms with Crippen molar-refractivity contribution in [3.63, 3.8) is 0 Å². The molecule has 0 aliphatic heterocycles. The minimum atomic E-state index is 0.713. The van der Waals surface area contributed by atoms with E-state index in [1.165, 1.54) is 0 Å². The molecular formula is C9H10N4. The third kappa shape index (κ3) is 1.84. The number of aromatic nitrogens is 3. The molecule has 66 valence electrons. The van der Waals surface area contributed by atoms with E-state index in [9.17, 15) is 0 Å². The zero-order valence-electron chi connectivity index (χ0n) is 7.09. The van der Waals surface area contributed by atoms with Gasteiger partial charge in [-0.3, -0.25) is 0 Å². The molecule has 13 heavy (non-hydrogen) atoms. The molecule has 1 heterocycles. The van der Waals surface area contributed by atoms with E-state index in [1.54, 1.807) is 10.9 Å². The molecular weight excluding hydrogens is 164 g/mol. The molecule has 0 unspecified atom stereocenters. The van der Waals surface area contributed by atoms with Crippen LogP contribution >= 0.6 is 0 Å². The Balaban J connectivity index is 2.19. The summed E-state index contributed by atoms with van der Waals surface area (Å²) in [5, 5.41) is 7.59. The van der Waals surface area contributed by atoms with E-state index in [2.05, 4.69) is 10.3 Å². The van der Waals surface area contributed by atoms with Crippen LogP contribution in [0.4, 0.5) is 5.69 Å². The highest BCUT2D eigenvalue weighted by molar-refractivity contribution is 5.40. The van der Waals surface area contributed by atoms with Gasteiger partial charge in [-0.05, 0) is 17.7 Å². The molecule has 0 radical (unpaired) electrons. The second-order valence-electron chi connectivity index (χ2n) is 2.85. The first-order valence-electron chi connectivity index (χ1n) is 4.03. The highest BCUT2D eigenvalue weighted by atomic mass is 15.4. The van der Waals surface area contributed by atoms with Crippen LogP contribution in [0.1, 0.15) is 5.56 Å². The number of rotatable bonds is 2. The Kier molecular flexibility index (Phi) is 1.96. The van der Waals surface area contributed by atoms with E-state index in [4.69, 9.17) is 5.73 Å². The van der Waals surface area contributed by atoms with Gasteiger partial charge in [-0.1, -0.05) is 17.3 Å². The number of hydrogen-bond donors (Lipinski definition) is 1. The molecule has 0 atom stereocenters. The first-order valence-corrected chi connectivity index (χ1v) is 4.03. The predicted octanol–water partition coefficient (Wildman–Crippen LogP) is 0.909. The molecule has 0 aliphatic rings. The lowest BCUT2D eigenvalue weighted by Gasteiger charge is -2.01. The number of benzene rings is 1. The molecule has 0 spiro atoms. The summed E-state index contributed by atoms with van der Waals surface area (Å²) in [7, 11) is 0. The van der Waals surface area contributed by atoms with E-state index in [-0.39, 0.29) is 0 Å². The molecule has 2 N–H and O–H groups in total. The van der Waals surface area contributed by atoms with Crippen molar-refractivity contribution in [2.75, 3.05) is 5.73 Å². The standard InChI is InChI=1S/C9H10N4/c10-9-3-1-2-8(6-9)7-13-5-4-11-12-13/h1-6H,7,10H2. The molecule has 0 saturated heterocycles. The average molecular weight is 174 g/mol. The first-order chi connectivity index (χ1) is 6.34. The normalized spacial score (nSPS) is 10.2. The fourth-order valence-corrected chi connectivity index (χ4v) is 1.20. The second kappa shape index (κ2) is 3.26. The van der Waals surface area contributed by atoms with Gasteiger partial charge in [-0.25, -0.2) is 4.68 Å². The fourth-order valence-electron chi connectivity index (χ4n) is 1.20. The van der Waals surface area contributed by atoms with Crippen LogP contribution in [0, 0.1) is 0 Å². The maximum Gasteiger partial charge on any atom is 0.0693 e. The molecule has 0 fully saturated rings. The van der Waals surface area contributed by atoms with Gasteiger partial charge in [0.2, 0.25) is 0 Å². The summed E-state index contributed by atoms with van der Waals surface area (Å²) in [5.41, 5.74) is 7.55. The van der Waals surface area contributed by atoms with Crippen molar-refractivity contribution in [3.8, 4) is 0 Å². The van der Waals surface area contributed by atoms with E-state index >= 15 is 0 Å². The summed E-state index contributed by atoms with van der Waals surface area (Å²) < 4.78 is 1.76. The van der Waals surface area contributed by atoms with Crippen LogP contribution in [0.5, 0.6) is 0 Å². The number of nitrogen functional groups attached to an aromatic ring is 1. The third-order valence-corrected chi connectivity index (χ3v) is 1.77. The highest BCUT2D eigenvalue weighted by Gasteiger charge is 1.95. The van der Waals surface area contributed by atoms with Gasteiger partial charge in [0, 0.05) is 11.9 Å². The van der Waals surface area contributed by atoms with Crippen molar-refractivity contribution in [2.45, 2.75) is 6.54 Å². The minimum Gasteiger partial charge on any atom is -0.399 e.